The van der Waals surface area contributed by atoms with E-state index in [1.165, 1.54) is 5.56 Å². The van der Waals surface area contributed by atoms with Crippen molar-refractivity contribution in [2.45, 2.75) is 53.1 Å². The molecule has 1 aromatic rings. The molecule has 1 aromatic carbocycles. The van der Waals surface area contributed by atoms with Crippen LogP contribution in [0.4, 0.5) is 0 Å². The van der Waals surface area contributed by atoms with E-state index in [2.05, 4.69) is 71.1 Å². The lowest BCUT2D eigenvalue weighted by molar-refractivity contribution is 0.149. The van der Waals surface area contributed by atoms with E-state index >= 15 is 0 Å². The van der Waals surface area contributed by atoms with Gasteiger partial charge in [0.25, 0.3) is 0 Å². The standard InChI is InChI=1S/C17H29NO/c1-7-18-12-16(13(2)3)19-15-10-8-9-14(11-15)17(4,5)6/h8-11,13,16,18H,7,12H2,1-6H3. The first-order valence-electron chi connectivity index (χ1n) is 7.32. The minimum absolute atomic E-state index is 0.161. The first-order valence-corrected chi connectivity index (χ1v) is 7.32. The second-order valence-electron chi connectivity index (χ2n) is 6.49. The van der Waals surface area contributed by atoms with Gasteiger partial charge >= 0.3 is 0 Å². The van der Waals surface area contributed by atoms with Crippen molar-refractivity contribution in [2.75, 3.05) is 13.1 Å². The van der Waals surface area contributed by atoms with Crippen molar-refractivity contribution < 1.29 is 4.74 Å². The van der Waals surface area contributed by atoms with Crippen LogP contribution >= 0.6 is 0 Å². The highest BCUT2D eigenvalue weighted by Crippen LogP contribution is 2.26. The molecule has 0 bridgehead atoms. The molecule has 0 saturated heterocycles. The van der Waals surface area contributed by atoms with Crippen molar-refractivity contribution in [3.05, 3.63) is 29.8 Å². The van der Waals surface area contributed by atoms with Crippen molar-refractivity contribution in [1.82, 2.24) is 5.32 Å². The number of rotatable bonds is 6. The Morgan fingerprint density at radius 2 is 1.89 bits per heavy atom. The molecule has 19 heavy (non-hydrogen) atoms. The summed E-state index contributed by atoms with van der Waals surface area (Å²) in [6.45, 7) is 15.1. The highest BCUT2D eigenvalue weighted by molar-refractivity contribution is 5.32. The zero-order chi connectivity index (χ0) is 14.5. The Bertz CT molecular complexity index is 379. The van der Waals surface area contributed by atoms with Crippen molar-refractivity contribution >= 4 is 0 Å². The lowest BCUT2D eigenvalue weighted by atomic mass is 9.87. The molecule has 0 aliphatic heterocycles. The molecule has 1 rings (SSSR count). The minimum Gasteiger partial charge on any atom is -0.489 e. The molecular formula is C17H29NO. The first kappa shape index (κ1) is 16.0. The second-order valence-corrected chi connectivity index (χ2v) is 6.49. The van der Waals surface area contributed by atoms with Gasteiger partial charge in [-0.05, 0) is 35.6 Å². The molecule has 108 valence electrons. The van der Waals surface area contributed by atoms with Gasteiger partial charge in [0, 0.05) is 6.54 Å². The van der Waals surface area contributed by atoms with E-state index in [1.807, 2.05) is 0 Å². The summed E-state index contributed by atoms with van der Waals surface area (Å²) in [5.74, 6) is 1.47. The fourth-order valence-electron chi connectivity index (χ4n) is 1.91. The van der Waals surface area contributed by atoms with E-state index in [0.717, 1.165) is 18.8 Å². The van der Waals surface area contributed by atoms with Crippen LogP contribution in [0.15, 0.2) is 24.3 Å². The van der Waals surface area contributed by atoms with E-state index in [1.54, 1.807) is 0 Å². The molecule has 0 aliphatic carbocycles. The zero-order valence-corrected chi connectivity index (χ0v) is 13.3. The highest BCUT2D eigenvalue weighted by Gasteiger charge is 2.17. The Morgan fingerprint density at radius 3 is 2.42 bits per heavy atom. The number of hydrogen-bond acceptors (Lipinski definition) is 2. The van der Waals surface area contributed by atoms with E-state index < -0.39 is 0 Å². The van der Waals surface area contributed by atoms with Gasteiger partial charge in [0.05, 0.1) is 0 Å². The third-order valence-corrected chi connectivity index (χ3v) is 3.33. The van der Waals surface area contributed by atoms with Gasteiger partial charge in [-0.1, -0.05) is 53.7 Å². The summed E-state index contributed by atoms with van der Waals surface area (Å²) in [6, 6.07) is 8.47. The summed E-state index contributed by atoms with van der Waals surface area (Å²) in [5.41, 5.74) is 1.48. The summed E-state index contributed by atoms with van der Waals surface area (Å²) in [7, 11) is 0. The van der Waals surface area contributed by atoms with Crippen LogP contribution in [0.25, 0.3) is 0 Å². The van der Waals surface area contributed by atoms with Gasteiger partial charge in [-0.15, -0.1) is 0 Å². The van der Waals surface area contributed by atoms with E-state index in [4.69, 9.17) is 4.74 Å². The fourth-order valence-corrected chi connectivity index (χ4v) is 1.91. The number of benzene rings is 1. The van der Waals surface area contributed by atoms with Crippen LogP contribution in [0.1, 0.15) is 47.1 Å². The lowest BCUT2D eigenvalue weighted by Gasteiger charge is -2.25. The monoisotopic (exact) mass is 263 g/mol. The van der Waals surface area contributed by atoms with Gasteiger partial charge in [-0.2, -0.15) is 0 Å². The Kier molecular flexibility index (Phi) is 5.86. The Balaban J connectivity index is 2.79. The molecule has 1 unspecified atom stereocenters. The summed E-state index contributed by atoms with van der Waals surface area (Å²) in [6.07, 6.45) is 0.218. The summed E-state index contributed by atoms with van der Waals surface area (Å²) in [4.78, 5) is 0. The van der Waals surface area contributed by atoms with Gasteiger partial charge < -0.3 is 10.1 Å². The summed E-state index contributed by atoms with van der Waals surface area (Å²) in [5, 5.41) is 3.37. The molecule has 2 nitrogen and oxygen atoms in total. The molecule has 1 N–H and O–H groups in total. The molecule has 0 aliphatic rings. The molecule has 0 heterocycles. The van der Waals surface area contributed by atoms with Crippen LogP contribution in [-0.4, -0.2) is 19.2 Å². The molecule has 0 saturated carbocycles. The molecule has 0 amide bonds. The SMILES string of the molecule is CCNCC(Oc1cccc(C(C)(C)C)c1)C(C)C. The van der Waals surface area contributed by atoms with Crippen LogP contribution < -0.4 is 10.1 Å². The van der Waals surface area contributed by atoms with Crippen molar-refractivity contribution in [3.63, 3.8) is 0 Å². The summed E-state index contributed by atoms with van der Waals surface area (Å²) >= 11 is 0. The molecule has 0 fully saturated rings. The van der Waals surface area contributed by atoms with Gasteiger partial charge in [-0.3, -0.25) is 0 Å². The number of likely N-dealkylation sites (N-methyl/N-ethyl adjacent to an activating group) is 1. The zero-order valence-electron chi connectivity index (χ0n) is 13.3. The largest absolute Gasteiger partial charge is 0.489 e. The van der Waals surface area contributed by atoms with Gasteiger partial charge in [0.15, 0.2) is 0 Å². The van der Waals surface area contributed by atoms with Crippen molar-refractivity contribution in [1.29, 1.82) is 0 Å². The smallest absolute Gasteiger partial charge is 0.120 e. The van der Waals surface area contributed by atoms with Gasteiger partial charge in [0.2, 0.25) is 0 Å². The maximum Gasteiger partial charge on any atom is 0.120 e. The lowest BCUT2D eigenvalue weighted by Crippen LogP contribution is -2.35. The molecule has 2 heteroatoms. The number of hydrogen-bond donors (Lipinski definition) is 1. The fraction of sp³-hybridized carbons (Fsp3) is 0.647. The average Bonchev–Trinajstić information content (AvgIpc) is 2.33. The van der Waals surface area contributed by atoms with Crippen LogP contribution in [0.5, 0.6) is 5.75 Å². The second kappa shape index (κ2) is 6.95. The average molecular weight is 263 g/mol. The quantitative estimate of drug-likeness (QED) is 0.837. The van der Waals surface area contributed by atoms with Crippen molar-refractivity contribution in [3.8, 4) is 5.75 Å². The van der Waals surface area contributed by atoms with E-state index in [0.29, 0.717) is 5.92 Å². The molecule has 1 atom stereocenters. The van der Waals surface area contributed by atoms with Gasteiger partial charge in [0.1, 0.15) is 11.9 Å². The molecule has 0 aromatic heterocycles. The predicted octanol–water partition coefficient (Wildman–Crippen LogP) is 4.00. The Hall–Kier alpha value is -1.02. The third kappa shape index (κ3) is 5.23. The summed E-state index contributed by atoms with van der Waals surface area (Å²) < 4.78 is 6.15. The van der Waals surface area contributed by atoms with Crippen LogP contribution in [-0.2, 0) is 5.41 Å². The van der Waals surface area contributed by atoms with E-state index in [-0.39, 0.29) is 11.5 Å². The molecule has 0 radical (unpaired) electrons. The minimum atomic E-state index is 0.161. The predicted molar refractivity (Wildman–Crippen MR) is 82.9 cm³/mol. The highest BCUT2D eigenvalue weighted by atomic mass is 16.5. The van der Waals surface area contributed by atoms with Crippen LogP contribution in [0.3, 0.4) is 0 Å². The van der Waals surface area contributed by atoms with Crippen LogP contribution in [0, 0.1) is 5.92 Å². The van der Waals surface area contributed by atoms with E-state index in [9.17, 15) is 0 Å². The maximum absolute atomic E-state index is 6.15. The maximum atomic E-state index is 6.15. The topological polar surface area (TPSA) is 21.3 Å². The molecular weight excluding hydrogens is 234 g/mol. The Labute approximate surface area is 118 Å². The van der Waals surface area contributed by atoms with Crippen molar-refractivity contribution in [2.24, 2.45) is 5.92 Å². The Morgan fingerprint density at radius 1 is 1.21 bits per heavy atom. The van der Waals surface area contributed by atoms with Gasteiger partial charge in [-0.25, -0.2) is 0 Å². The van der Waals surface area contributed by atoms with Crippen LogP contribution in [0.2, 0.25) is 0 Å². The first-order chi connectivity index (χ1) is 8.84. The normalized spacial score (nSPS) is 13.6. The third-order valence-electron chi connectivity index (χ3n) is 3.33. The number of nitrogens with one attached hydrogen (secondary N) is 1. The molecule has 0 spiro atoms. The number of ether oxygens (including phenoxy) is 1.